The van der Waals surface area contributed by atoms with E-state index in [0.717, 1.165) is 5.56 Å². The van der Waals surface area contributed by atoms with Crippen molar-refractivity contribution in [3.63, 3.8) is 0 Å². The van der Waals surface area contributed by atoms with Gasteiger partial charge in [0.2, 0.25) is 10.0 Å². The SMILES string of the molecule is Nc1ccccc1S(=O)(=O)N(CCC=O)Cc1ccccc1. The normalized spacial score (nSPS) is 11.5. The molecule has 0 aliphatic heterocycles. The Bertz CT molecular complexity index is 730. The molecule has 2 aromatic rings. The number of nitrogens with two attached hydrogens (primary N) is 1. The zero-order valence-electron chi connectivity index (χ0n) is 12.1. The highest BCUT2D eigenvalue weighted by atomic mass is 32.2. The van der Waals surface area contributed by atoms with Gasteiger partial charge in [-0.15, -0.1) is 0 Å². The van der Waals surface area contributed by atoms with E-state index in [4.69, 9.17) is 5.73 Å². The van der Waals surface area contributed by atoms with Crippen LogP contribution in [-0.2, 0) is 21.4 Å². The number of para-hydroxylation sites is 1. The summed E-state index contributed by atoms with van der Waals surface area (Å²) >= 11 is 0. The maximum atomic E-state index is 12.8. The van der Waals surface area contributed by atoms with Crippen molar-refractivity contribution in [3.05, 3.63) is 60.2 Å². The molecule has 6 heteroatoms. The molecule has 0 saturated carbocycles. The van der Waals surface area contributed by atoms with Gasteiger partial charge in [-0.2, -0.15) is 4.31 Å². The van der Waals surface area contributed by atoms with Gasteiger partial charge in [-0.1, -0.05) is 42.5 Å². The van der Waals surface area contributed by atoms with Crippen molar-refractivity contribution >= 4 is 22.0 Å². The molecular weight excluding hydrogens is 300 g/mol. The summed E-state index contributed by atoms with van der Waals surface area (Å²) in [4.78, 5) is 10.7. The molecule has 0 radical (unpaired) electrons. The Morgan fingerprint density at radius 3 is 2.27 bits per heavy atom. The van der Waals surface area contributed by atoms with Crippen LogP contribution in [0.1, 0.15) is 12.0 Å². The Labute approximate surface area is 130 Å². The average molecular weight is 318 g/mol. The maximum Gasteiger partial charge on any atom is 0.245 e. The van der Waals surface area contributed by atoms with Crippen LogP contribution < -0.4 is 5.73 Å². The molecule has 0 heterocycles. The lowest BCUT2D eigenvalue weighted by Gasteiger charge is -2.22. The molecule has 0 bridgehead atoms. The molecule has 0 saturated heterocycles. The number of hydrogen-bond acceptors (Lipinski definition) is 4. The van der Waals surface area contributed by atoms with Crippen molar-refractivity contribution in [1.82, 2.24) is 4.31 Å². The smallest absolute Gasteiger partial charge is 0.245 e. The summed E-state index contributed by atoms with van der Waals surface area (Å²) < 4.78 is 26.9. The largest absolute Gasteiger partial charge is 0.398 e. The van der Waals surface area contributed by atoms with Crippen LogP contribution >= 0.6 is 0 Å². The van der Waals surface area contributed by atoms with Crippen molar-refractivity contribution in [3.8, 4) is 0 Å². The summed E-state index contributed by atoms with van der Waals surface area (Å²) in [6, 6.07) is 15.6. The van der Waals surface area contributed by atoms with Crippen molar-refractivity contribution in [2.45, 2.75) is 17.9 Å². The van der Waals surface area contributed by atoms with Crippen molar-refractivity contribution in [2.24, 2.45) is 0 Å². The summed E-state index contributed by atoms with van der Waals surface area (Å²) in [5.74, 6) is 0. The number of benzene rings is 2. The van der Waals surface area contributed by atoms with E-state index in [-0.39, 0.29) is 30.1 Å². The third kappa shape index (κ3) is 3.72. The summed E-state index contributed by atoms with van der Waals surface area (Å²) in [6.45, 7) is 0.320. The van der Waals surface area contributed by atoms with Crippen LogP contribution in [0.2, 0.25) is 0 Å². The zero-order chi connectivity index (χ0) is 16.0. The molecule has 22 heavy (non-hydrogen) atoms. The van der Waals surface area contributed by atoms with Gasteiger partial charge in [0.05, 0.1) is 5.69 Å². The lowest BCUT2D eigenvalue weighted by atomic mass is 10.2. The van der Waals surface area contributed by atoms with E-state index in [1.807, 2.05) is 30.3 Å². The van der Waals surface area contributed by atoms with E-state index >= 15 is 0 Å². The summed E-state index contributed by atoms with van der Waals surface area (Å²) in [7, 11) is -3.75. The van der Waals surface area contributed by atoms with Crippen LogP contribution in [0.3, 0.4) is 0 Å². The minimum Gasteiger partial charge on any atom is -0.398 e. The summed E-state index contributed by atoms with van der Waals surface area (Å²) in [6.07, 6.45) is 0.848. The molecule has 2 rings (SSSR count). The number of rotatable bonds is 7. The van der Waals surface area contributed by atoms with Crippen LogP contribution in [0, 0.1) is 0 Å². The molecule has 0 spiro atoms. The van der Waals surface area contributed by atoms with Crippen LogP contribution in [0.25, 0.3) is 0 Å². The fraction of sp³-hybridized carbons (Fsp3) is 0.188. The first-order valence-corrected chi connectivity index (χ1v) is 8.32. The minimum absolute atomic E-state index is 0.0665. The fourth-order valence-electron chi connectivity index (χ4n) is 2.12. The van der Waals surface area contributed by atoms with Gasteiger partial charge in [0.25, 0.3) is 0 Å². The van der Waals surface area contributed by atoms with Crippen LogP contribution in [0.5, 0.6) is 0 Å². The van der Waals surface area contributed by atoms with Gasteiger partial charge >= 0.3 is 0 Å². The third-order valence-electron chi connectivity index (χ3n) is 3.23. The molecule has 116 valence electrons. The molecule has 0 aliphatic rings. The van der Waals surface area contributed by atoms with E-state index in [1.165, 1.54) is 10.4 Å². The van der Waals surface area contributed by atoms with E-state index < -0.39 is 10.0 Å². The van der Waals surface area contributed by atoms with Gasteiger partial charge in [-0.05, 0) is 17.7 Å². The Hall–Kier alpha value is -2.18. The molecule has 0 fully saturated rings. The summed E-state index contributed by atoms with van der Waals surface area (Å²) in [5, 5.41) is 0. The number of carbonyl (C=O) groups is 1. The molecule has 2 aromatic carbocycles. The Morgan fingerprint density at radius 2 is 1.64 bits per heavy atom. The number of anilines is 1. The second kappa shape index (κ2) is 7.20. The second-order valence-corrected chi connectivity index (χ2v) is 6.72. The molecule has 0 atom stereocenters. The van der Waals surface area contributed by atoms with Crippen LogP contribution in [0.4, 0.5) is 5.69 Å². The number of carbonyl (C=O) groups excluding carboxylic acids is 1. The fourth-order valence-corrected chi connectivity index (χ4v) is 3.68. The van der Waals surface area contributed by atoms with Crippen LogP contribution in [0.15, 0.2) is 59.5 Å². The number of nitrogen functional groups attached to an aromatic ring is 1. The highest BCUT2D eigenvalue weighted by molar-refractivity contribution is 7.89. The molecule has 0 unspecified atom stereocenters. The molecule has 0 amide bonds. The number of aldehydes is 1. The summed E-state index contributed by atoms with van der Waals surface area (Å²) in [5.41, 5.74) is 6.84. The van der Waals surface area contributed by atoms with E-state index in [2.05, 4.69) is 0 Å². The molecule has 2 N–H and O–H groups in total. The van der Waals surface area contributed by atoms with Crippen molar-refractivity contribution < 1.29 is 13.2 Å². The first kappa shape index (κ1) is 16.2. The van der Waals surface area contributed by atoms with E-state index in [0.29, 0.717) is 6.29 Å². The number of hydrogen-bond donors (Lipinski definition) is 1. The highest BCUT2D eigenvalue weighted by Gasteiger charge is 2.26. The Morgan fingerprint density at radius 1 is 1.00 bits per heavy atom. The molecule has 0 aliphatic carbocycles. The topological polar surface area (TPSA) is 80.5 Å². The maximum absolute atomic E-state index is 12.8. The number of sulfonamides is 1. The lowest BCUT2D eigenvalue weighted by Crippen LogP contribution is -2.32. The highest BCUT2D eigenvalue weighted by Crippen LogP contribution is 2.23. The predicted octanol–water partition coefficient (Wildman–Crippen LogP) is 2.05. The molecular formula is C16H18N2O3S. The first-order chi connectivity index (χ1) is 10.6. The lowest BCUT2D eigenvalue weighted by molar-refractivity contribution is -0.107. The second-order valence-electron chi connectivity index (χ2n) is 4.82. The first-order valence-electron chi connectivity index (χ1n) is 6.88. The van der Waals surface area contributed by atoms with Gasteiger partial charge in [0.1, 0.15) is 11.2 Å². The molecule has 0 aromatic heterocycles. The molecule has 5 nitrogen and oxygen atoms in total. The van der Waals surface area contributed by atoms with E-state index in [1.54, 1.807) is 18.2 Å². The van der Waals surface area contributed by atoms with Gasteiger partial charge in [0.15, 0.2) is 0 Å². The van der Waals surface area contributed by atoms with Crippen molar-refractivity contribution in [1.29, 1.82) is 0 Å². The van der Waals surface area contributed by atoms with Gasteiger partial charge in [0, 0.05) is 19.5 Å². The Kier molecular flexibility index (Phi) is 5.30. The predicted molar refractivity (Wildman–Crippen MR) is 85.6 cm³/mol. The van der Waals surface area contributed by atoms with E-state index in [9.17, 15) is 13.2 Å². The van der Waals surface area contributed by atoms with Crippen molar-refractivity contribution in [2.75, 3.05) is 12.3 Å². The van der Waals surface area contributed by atoms with Crippen LogP contribution in [-0.4, -0.2) is 25.6 Å². The van der Waals surface area contributed by atoms with Gasteiger partial charge < -0.3 is 10.5 Å². The standard InChI is InChI=1S/C16H18N2O3S/c17-15-9-4-5-10-16(15)22(20,21)18(11-6-12-19)13-14-7-2-1-3-8-14/h1-5,7-10,12H,6,11,13,17H2. The number of nitrogens with zero attached hydrogens (tertiary/aromatic N) is 1. The monoisotopic (exact) mass is 318 g/mol. The quantitative estimate of drug-likeness (QED) is 0.626. The van der Waals surface area contributed by atoms with Gasteiger partial charge in [-0.3, -0.25) is 0 Å². The average Bonchev–Trinajstić information content (AvgIpc) is 2.52. The third-order valence-corrected chi connectivity index (χ3v) is 5.15. The van der Waals surface area contributed by atoms with Gasteiger partial charge in [-0.25, -0.2) is 8.42 Å². The zero-order valence-corrected chi connectivity index (χ0v) is 12.9. The minimum atomic E-state index is -3.75. The Balaban J connectivity index is 2.35.